The first kappa shape index (κ1) is 11.3. The number of ether oxygens (including phenoxy) is 4. The van der Waals surface area contributed by atoms with Gasteiger partial charge in [-0.2, -0.15) is 0 Å². The van der Waals surface area contributed by atoms with Crippen LogP contribution in [0.4, 0.5) is 0 Å². The number of aliphatic hydroxyl groups is 2. The lowest BCUT2D eigenvalue weighted by Gasteiger charge is -2.45. The number of methoxy groups -OCH3 is 1. The van der Waals surface area contributed by atoms with Crippen molar-refractivity contribution in [2.45, 2.75) is 43.9 Å². The quantitative estimate of drug-likeness (QED) is 0.580. The van der Waals surface area contributed by atoms with Crippen LogP contribution in [0.15, 0.2) is 0 Å². The molecule has 0 saturated carbocycles. The van der Waals surface area contributed by atoms with Crippen molar-refractivity contribution in [2.24, 2.45) is 0 Å². The van der Waals surface area contributed by atoms with Crippen molar-refractivity contribution in [1.29, 1.82) is 0 Å². The molecule has 2 heterocycles. The van der Waals surface area contributed by atoms with Crippen molar-refractivity contribution in [3.63, 3.8) is 0 Å². The van der Waals surface area contributed by atoms with Crippen LogP contribution < -0.4 is 0 Å². The zero-order valence-corrected chi connectivity index (χ0v) is 8.70. The Balaban J connectivity index is 2.07. The van der Waals surface area contributed by atoms with Crippen LogP contribution in [0.1, 0.15) is 6.92 Å². The van der Waals surface area contributed by atoms with Gasteiger partial charge in [0.25, 0.3) is 0 Å². The van der Waals surface area contributed by atoms with Gasteiger partial charge in [0.2, 0.25) is 0 Å². The molecule has 2 aliphatic heterocycles. The molecule has 0 bridgehead atoms. The lowest BCUT2D eigenvalue weighted by atomic mass is 9.98. The second-order valence-corrected chi connectivity index (χ2v) is 3.76. The SMILES string of the molecule is CO[C@H]1O[C@@H]2COC(C)O[C@H]2[C@H](O)[C@@H]1O. The molecule has 2 rings (SSSR count). The Hall–Kier alpha value is -0.240. The Labute approximate surface area is 87.7 Å². The van der Waals surface area contributed by atoms with E-state index in [-0.39, 0.29) is 0 Å². The first-order valence-corrected chi connectivity index (χ1v) is 4.95. The largest absolute Gasteiger partial charge is 0.387 e. The van der Waals surface area contributed by atoms with E-state index in [1.54, 1.807) is 6.92 Å². The predicted octanol–water partition coefficient (Wildman–Crippen LogP) is -1.16. The summed E-state index contributed by atoms with van der Waals surface area (Å²) < 4.78 is 20.9. The number of rotatable bonds is 1. The van der Waals surface area contributed by atoms with E-state index in [1.165, 1.54) is 7.11 Å². The van der Waals surface area contributed by atoms with Crippen LogP contribution in [0.5, 0.6) is 0 Å². The third-order valence-corrected chi connectivity index (χ3v) is 2.72. The van der Waals surface area contributed by atoms with Gasteiger partial charge in [-0.05, 0) is 6.92 Å². The van der Waals surface area contributed by atoms with E-state index < -0.39 is 37.0 Å². The van der Waals surface area contributed by atoms with Gasteiger partial charge in [-0.1, -0.05) is 0 Å². The molecule has 0 aromatic carbocycles. The molecular formula is C9H16O6. The molecule has 2 fully saturated rings. The summed E-state index contributed by atoms with van der Waals surface area (Å²) in [6.07, 6.45) is -4.29. The third kappa shape index (κ3) is 2.01. The molecule has 0 amide bonds. The maximum Gasteiger partial charge on any atom is 0.186 e. The van der Waals surface area contributed by atoms with Gasteiger partial charge in [0, 0.05) is 7.11 Å². The molecule has 1 unspecified atom stereocenters. The number of hydrogen-bond donors (Lipinski definition) is 2. The summed E-state index contributed by atoms with van der Waals surface area (Å²) in [5.41, 5.74) is 0. The van der Waals surface area contributed by atoms with Gasteiger partial charge in [0.05, 0.1) is 6.61 Å². The van der Waals surface area contributed by atoms with E-state index in [9.17, 15) is 10.2 Å². The van der Waals surface area contributed by atoms with Crippen molar-refractivity contribution in [2.75, 3.05) is 13.7 Å². The van der Waals surface area contributed by atoms with Crippen LogP contribution in [-0.4, -0.2) is 60.9 Å². The first-order chi connectivity index (χ1) is 7.13. The second-order valence-electron chi connectivity index (χ2n) is 3.76. The van der Waals surface area contributed by atoms with Gasteiger partial charge in [0.1, 0.15) is 24.4 Å². The standard InChI is InChI=1S/C9H16O6/c1-4-13-3-5-8(14-4)6(10)7(11)9(12-2)15-5/h4-11H,3H2,1-2H3/t4?,5-,6-,7+,8-,9+/m1/s1. The molecular weight excluding hydrogens is 204 g/mol. The molecule has 88 valence electrons. The minimum absolute atomic E-state index is 0.329. The topological polar surface area (TPSA) is 77.4 Å². The highest BCUT2D eigenvalue weighted by molar-refractivity contribution is 4.91. The molecule has 2 aliphatic rings. The van der Waals surface area contributed by atoms with Crippen LogP contribution in [0.2, 0.25) is 0 Å². The zero-order chi connectivity index (χ0) is 11.0. The van der Waals surface area contributed by atoms with E-state index in [0.717, 1.165) is 0 Å². The summed E-state index contributed by atoms with van der Waals surface area (Å²) >= 11 is 0. The smallest absolute Gasteiger partial charge is 0.186 e. The highest BCUT2D eigenvalue weighted by Crippen LogP contribution is 2.28. The molecule has 2 N–H and O–H groups in total. The third-order valence-electron chi connectivity index (χ3n) is 2.72. The normalized spacial score (nSPS) is 51.2. The lowest BCUT2D eigenvalue weighted by Crippen LogP contribution is -2.62. The lowest BCUT2D eigenvalue weighted by molar-refractivity contribution is -0.352. The van der Waals surface area contributed by atoms with Crippen LogP contribution in [0, 0.1) is 0 Å². The highest BCUT2D eigenvalue weighted by Gasteiger charge is 2.48. The van der Waals surface area contributed by atoms with Crippen LogP contribution in [-0.2, 0) is 18.9 Å². The fourth-order valence-electron chi connectivity index (χ4n) is 1.89. The van der Waals surface area contributed by atoms with Gasteiger partial charge in [0.15, 0.2) is 12.6 Å². The van der Waals surface area contributed by atoms with Crippen molar-refractivity contribution in [1.82, 2.24) is 0 Å². The Morgan fingerprint density at radius 2 is 1.93 bits per heavy atom. The van der Waals surface area contributed by atoms with E-state index >= 15 is 0 Å². The Bertz CT molecular complexity index is 221. The van der Waals surface area contributed by atoms with Crippen LogP contribution in [0.3, 0.4) is 0 Å². The van der Waals surface area contributed by atoms with E-state index in [4.69, 9.17) is 18.9 Å². The van der Waals surface area contributed by atoms with Gasteiger partial charge in [-0.3, -0.25) is 0 Å². The molecule has 0 aliphatic carbocycles. The average molecular weight is 220 g/mol. The van der Waals surface area contributed by atoms with E-state index in [2.05, 4.69) is 0 Å². The summed E-state index contributed by atoms with van der Waals surface area (Å²) in [7, 11) is 1.41. The summed E-state index contributed by atoms with van der Waals surface area (Å²) in [5, 5.41) is 19.4. The van der Waals surface area contributed by atoms with Crippen molar-refractivity contribution in [3.05, 3.63) is 0 Å². The predicted molar refractivity (Wildman–Crippen MR) is 48.0 cm³/mol. The maximum absolute atomic E-state index is 9.80. The van der Waals surface area contributed by atoms with Gasteiger partial charge >= 0.3 is 0 Å². The minimum Gasteiger partial charge on any atom is -0.387 e. The summed E-state index contributed by atoms with van der Waals surface area (Å²) in [5.74, 6) is 0. The fourth-order valence-corrected chi connectivity index (χ4v) is 1.89. The summed E-state index contributed by atoms with van der Waals surface area (Å²) in [4.78, 5) is 0. The Morgan fingerprint density at radius 3 is 2.60 bits per heavy atom. The molecule has 0 aromatic rings. The van der Waals surface area contributed by atoms with Crippen LogP contribution in [0.25, 0.3) is 0 Å². The fraction of sp³-hybridized carbons (Fsp3) is 1.00. The first-order valence-electron chi connectivity index (χ1n) is 4.95. The van der Waals surface area contributed by atoms with E-state index in [0.29, 0.717) is 6.61 Å². The molecule has 0 spiro atoms. The maximum atomic E-state index is 9.80. The average Bonchev–Trinajstić information content (AvgIpc) is 2.24. The van der Waals surface area contributed by atoms with Crippen molar-refractivity contribution < 1.29 is 29.2 Å². The van der Waals surface area contributed by atoms with Crippen molar-refractivity contribution in [3.8, 4) is 0 Å². The zero-order valence-electron chi connectivity index (χ0n) is 8.70. The Morgan fingerprint density at radius 1 is 1.20 bits per heavy atom. The molecule has 15 heavy (non-hydrogen) atoms. The number of aliphatic hydroxyl groups excluding tert-OH is 2. The molecule has 6 heteroatoms. The number of fused-ring (bicyclic) bond motifs is 1. The molecule has 0 radical (unpaired) electrons. The van der Waals surface area contributed by atoms with E-state index in [1.807, 2.05) is 0 Å². The summed E-state index contributed by atoms with van der Waals surface area (Å²) in [6, 6.07) is 0. The molecule has 6 nitrogen and oxygen atoms in total. The summed E-state index contributed by atoms with van der Waals surface area (Å²) in [6.45, 7) is 2.06. The number of hydrogen-bond acceptors (Lipinski definition) is 6. The van der Waals surface area contributed by atoms with Gasteiger partial charge in [-0.25, -0.2) is 0 Å². The second kappa shape index (κ2) is 4.32. The highest BCUT2D eigenvalue weighted by atomic mass is 16.7. The monoisotopic (exact) mass is 220 g/mol. The minimum atomic E-state index is -1.10. The van der Waals surface area contributed by atoms with Gasteiger partial charge in [-0.15, -0.1) is 0 Å². The molecule has 0 aromatic heterocycles. The molecule has 6 atom stereocenters. The van der Waals surface area contributed by atoms with Gasteiger partial charge < -0.3 is 29.2 Å². The Kier molecular flexibility index (Phi) is 3.24. The van der Waals surface area contributed by atoms with Crippen molar-refractivity contribution >= 4 is 0 Å². The molecule has 2 saturated heterocycles. The van der Waals surface area contributed by atoms with Crippen LogP contribution >= 0.6 is 0 Å².